The Labute approximate surface area is 496 Å². The van der Waals surface area contributed by atoms with Crippen LogP contribution < -0.4 is 5.32 Å². The van der Waals surface area contributed by atoms with Gasteiger partial charge in [0.05, 0.1) is 69.0 Å². The molecule has 5 aliphatic heterocycles. The largest absolute Gasteiger partial charge is 0.511 e. The van der Waals surface area contributed by atoms with E-state index < -0.39 is 185 Å². The number of Topliss-reactive ketones (excluding diaryl/α,β-unsaturated/α-hetero) is 1. The van der Waals surface area contributed by atoms with Crippen molar-refractivity contribution in [1.82, 2.24) is 5.32 Å². The molecule has 7 N–H and O–H groups in total. The van der Waals surface area contributed by atoms with Crippen LogP contribution in [-0.2, 0) is 61.7 Å². The molecule has 0 aromatic heterocycles. The van der Waals surface area contributed by atoms with E-state index in [2.05, 4.69) is 11.9 Å². The molecule has 9 rings (SSSR count). The fourth-order valence-electron chi connectivity index (χ4n) is 15.8. The molecule has 1 saturated carbocycles. The molecule has 5 heterocycles. The minimum atomic E-state index is -1.90. The highest BCUT2D eigenvalue weighted by molar-refractivity contribution is 6.26. The third-order valence-corrected chi connectivity index (χ3v) is 20.5. The zero-order chi connectivity index (χ0) is 62.1. The summed E-state index contributed by atoms with van der Waals surface area (Å²) >= 11 is 0. The maximum Gasteiger partial charge on any atom is 0.407 e. The maximum atomic E-state index is 15.6. The molecule has 28 atom stereocenters. The van der Waals surface area contributed by atoms with Gasteiger partial charge in [0.2, 0.25) is 11.3 Å². The highest BCUT2D eigenvalue weighted by atomic mass is 16.8. The maximum absolute atomic E-state index is 15.6. The van der Waals surface area contributed by atoms with E-state index in [4.69, 9.17) is 52.1 Å². The van der Waals surface area contributed by atoms with Crippen molar-refractivity contribution in [1.29, 1.82) is 0 Å². The van der Waals surface area contributed by atoms with Crippen LogP contribution in [0, 0.1) is 62.9 Å². The molecule has 0 aromatic rings. The summed E-state index contributed by atoms with van der Waals surface area (Å²) in [6, 6.07) is -1.14. The van der Waals surface area contributed by atoms with Crippen molar-refractivity contribution in [3.63, 3.8) is 0 Å². The second kappa shape index (κ2) is 25.3. The molecule has 9 aliphatic rings. The fourth-order valence-corrected chi connectivity index (χ4v) is 15.8. The molecule has 0 aromatic carbocycles. The summed E-state index contributed by atoms with van der Waals surface area (Å²) in [6.07, 6.45) is -8.39. The lowest BCUT2D eigenvalue weighted by Crippen LogP contribution is -2.65. The number of hydrogen-bond donors (Lipinski definition) is 7. The van der Waals surface area contributed by atoms with Gasteiger partial charge in [-0.2, -0.15) is 0 Å². The summed E-state index contributed by atoms with van der Waals surface area (Å²) in [4.78, 5) is 55.1. The Morgan fingerprint density at radius 1 is 0.788 bits per heavy atom. The van der Waals surface area contributed by atoms with Gasteiger partial charge in [-0.15, -0.1) is 0 Å². The van der Waals surface area contributed by atoms with Crippen LogP contribution >= 0.6 is 0 Å². The smallest absolute Gasteiger partial charge is 0.407 e. The number of ether oxygens (including phenoxy) is 11. The quantitative estimate of drug-likeness (QED) is 0.0456. The van der Waals surface area contributed by atoms with Crippen LogP contribution in [0.1, 0.15) is 114 Å². The fraction of sp³-hybridized carbons (Fsp3) is 0.787. The first-order valence-electron chi connectivity index (χ1n) is 30.1. The number of aliphatic hydroxyl groups is 6. The molecular formula is C61H90N2O22. The molecule has 1 unspecified atom stereocenters. The predicted octanol–water partition coefficient (Wildman–Crippen LogP) is 4.75. The van der Waals surface area contributed by atoms with Gasteiger partial charge in [-0.3, -0.25) is 14.9 Å². The number of nitro groups is 1. The minimum Gasteiger partial charge on any atom is -0.511 e. The van der Waals surface area contributed by atoms with Crippen molar-refractivity contribution < 1.29 is 102 Å². The van der Waals surface area contributed by atoms with Gasteiger partial charge < -0.3 is 88.1 Å². The highest BCUT2D eigenvalue weighted by Gasteiger charge is 2.65. The van der Waals surface area contributed by atoms with Gasteiger partial charge in [0.1, 0.15) is 35.7 Å². The zero-order valence-corrected chi connectivity index (χ0v) is 50.8. The number of amides is 1. The first-order chi connectivity index (χ1) is 40.0. The highest BCUT2D eigenvalue weighted by Crippen LogP contribution is 2.61. The number of hydrogen-bond acceptors (Lipinski definition) is 22. The Morgan fingerprint density at radius 2 is 1.44 bits per heavy atom. The Balaban J connectivity index is 1.01. The zero-order valence-electron chi connectivity index (χ0n) is 50.8. The van der Waals surface area contributed by atoms with Crippen LogP contribution in [0.5, 0.6) is 0 Å². The van der Waals surface area contributed by atoms with Crippen molar-refractivity contribution in [2.75, 3.05) is 20.8 Å². The van der Waals surface area contributed by atoms with E-state index in [9.17, 15) is 50.3 Å². The Kier molecular flexibility index (Phi) is 19.4. The van der Waals surface area contributed by atoms with Crippen LogP contribution in [0.25, 0.3) is 0 Å². The number of allylic oxidation sites excluding steroid dienone is 2. The van der Waals surface area contributed by atoms with Crippen LogP contribution in [0.2, 0.25) is 0 Å². The van der Waals surface area contributed by atoms with Gasteiger partial charge in [-0.1, -0.05) is 65.5 Å². The van der Waals surface area contributed by atoms with Crippen LogP contribution in [0.3, 0.4) is 0 Å². The molecule has 24 heteroatoms. The number of esters is 1. The van der Waals surface area contributed by atoms with Crippen LogP contribution in [0.15, 0.2) is 58.9 Å². The number of aliphatic hydroxyl groups excluding tert-OH is 6. The lowest BCUT2D eigenvalue weighted by Gasteiger charge is -2.57. The lowest BCUT2D eigenvalue weighted by molar-refractivity contribution is -0.584. The molecule has 476 valence electrons. The van der Waals surface area contributed by atoms with E-state index in [1.165, 1.54) is 14.0 Å². The van der Waals surface area contributed by atoms with E-state index in [0.29, 0.717) is 17.6 Å². The van der Waals surface area contributed by atoms with Gasteiger partial charge in [0, 0.05) is 74.2 Å². The molecular weight excluding hydrogens is 1110 g/mol. The van der Waals surface area contributed by atoms with E-state index in [0.717, 1.165) is 7.11 Å². The summed E-state index contributed by atoms with van der Waals surface area (Å²) < 4.78 is 67.4. The number of ketones is 1. The van der Waals surface area contributed by atoms with Gasteiger partial charge >= 0.3 is 12.1 Å². The Hall–Kier alpha value is -4.25. The summed E-state index contributed by atoms with van der Waals surface area (Å²) in [5.74, 6) is -6.57. The second-order valence-electron chi connectivity index (χ2n) is 26.2. The van der Waals surface area contributed by atoms with Gasteiger partial charge in [0.25, 0.3) is 0 Å². The van der Waals surface area contributed by atoms with Crippen molar-refractivity contribution >= 4 is 17.8 Å². The van der Waals surface area contributed by atoms with Crippen LogP contribution in [0.4, 0.5) is 4.79 Å². The Morgan fingerprint density at radius 3 is 2.08 bits per heavy atom. The number of alkyl carbamates (subject to hydrolysis) is 1. The average Bonchev–Trinajstić information content (AvgIpc) is 2.94. The molecule has 6 fully saturated rings. The van der Waals surface area contributed by atoms with Gasteiger partial charge in [-0.05, 0) is 80.4 Å². The van der Waals surface area contributed by atoms with Gasteiger partial charge in [-0.25, -0.2) is 9.59 Å². The summed E-state index contributed by atoms with van der Waals surface area (Å²) in [5.41, 5.74) is -4.61. The Bertz CT molecular complexity index is 2620. The van der Waals surface area contributed by atoms with E-state index in [1.807, 2.05) is 32.9 Å². The number of nitrogens with zero attached hydrogens (tertiary/aromatic N) is 1. The summed E-state index contributed by atoms with van der Waals surface area (Å²) in [5, 5.41) is 85.3. The third-order valence-electron chi connectivity index (χ3n) is 20.5. The van der Waals surface area contributed by atoms with E-state index in [-0.39, 0.29) is 68.5 Å². The lowest BCUT2D eigenvalue weighted by atomic mass is 9.49. The van der Waals surface area contributed by atoms with E-state index >= 15 is 4.79 Å². The van der Waals surface area contributed by atoms with Gasteiger partial charge in [0.15, 0.2) is 37.1 Å². The molecule has 0 radical (unpaired) electrons. The van der Waals surface area contributed by atoms with Crippen molar-refractivity contribution in [3.8, 4) is 0 Å². The third kappa shape index (κ3) is 12.1. The molecule has 1 amide bonds. The number of fused-ring (bicyclic) bond motifs is 4. The second-order valence-corrected chi connectivity index (χ2v) is 26.2. The molecule has 2 bridgehead atoms. The molecule has 1 spiro atoms. The van der Waals surface area contributed by atoms with E-state index in [1.54, 1.807) is 53.7 Å². The first-order valence-corrected chi connectivity index (χ1v) is 30.1. The summed E-state index contributed by atoms with van der Waals surface area (Å²) in [7, 11) is 2.64. The first kappa shape index (κ1) is 65.2. The number of carbonyl (C=O) groups excluding carboxylic acids is 3. The molecule has 24 nitrogen and oxygen atoms in total. The minimum absolute atomic E-state index is 0.0480. The normalized spacial score (nSPS) is 48.4. The average molecular weight is 1200 g/mol. The summed E-state index contributed by atoms with van der Waals surface area (Å²) in [6.45, 7) is 21.7. The monoisotopic (exact) mass is 1200 g/mol. The number of methoxy groups -OCH3 is 2. The standard InChI is InChI=1S/C61H90N2O22/c1-26-17-36-19-35(25-64)30(5)23-61(36)55(69)47(56(70)85-61)54(68)60(11)38(31(6)39(65)20-41(26)80-46-24-59(10,63(73)74)53(34(9)79-46)62-58(72)76-13)15-14-37-48(60)27(2)16-28(3)50(37)82-45-22-42(49(67)32(7)77-45)81-43-18-29(4)51(57(71)84-43)83-44-21-40(66)52(75-12)33(8)78-44/h14-15,17,19,27-30,32-34,36-46,48-53,57,64-68,71H,6,16,18,20-25H2,1-5,7-13H3,(H,62,72)/b26-17+,54-47?/t27-,28-,29+,30+,32-,33-,34+,36+,37-,38-,39?,40+,41-,42+,43-,44-,45-,46-,48+,49-,50-,51-,52-,53-,57+,59-,60+,61-/m0/s1. The van der Waals surface area contributed by atoms with Crippen LogP contribution in [-0.4, -0.2) is 190 Å². The number of carbonyl (C=O) groups is 3. The van der Waals surface area contributed by atoms with Crippen molar-refractivity contribution in [2.24, 2.45) is 52.8 Å². The number of rotatable bonds is 12. The van der Waals surface area contributed by atoms with Crippen molar-refractivity contribution in [3.05, 3.63) is 69.0 Å². The topological polar surface area (TPSA) is 329 Å². The SMILES string of the molecule is C=C1C(O)C[C@H](O[C@H]2C[C@](C)([N+](=O)[O-])[C@@H](NC(=O)OC)[C@@H](C)O2)/C(C)=C/[C@@H]2C=C(CO)[C@H](C)C[C@]23OC(=O)C(=C(O)[C@@]2(C)[C@H]4[C@H](C=C[C@@H]12)[C@@H](O[C@H]1C[C@@H](O[C@@H]2C[C@@H](C)[C@H](O[C@H]5C[C@@H](O)[C@@H](OC)[C@H](C)O5)[C@H](O)O2)[C@@H](O)[C@H](C)O1)[C@@H](C)C[C@@H]4C)C3=O. The number of nitrogens with one attached hydrogen (secondary N) is 1. The molecule has 4 aliphatic carbocycles. The van der Waals surface area contributed by atoms with Crippen molar-refractivity contribution in [2.45, 2.75) is 230 Å². The molecule has 5 saturated heterocycles. The molecule has 85 heavy (non-hydrogen) atoms. The predicted molar refractivity (Wildman–Crippen MR) is 299 cm³/mol.